The first-order valence-corrected chi connectivity index (χ1v) is 9.09. The van der Waals surface area contributed by atoms with E-state index in [-0.39, 0.29) is 17.4 Å². The number of aromatic nitrogens is 2. The van der Waals surface area contributed by atoms with Gasteiger partial charge in [-0.2, -0.15) is 0 Å². The van der Waals surface area contributed by atoms with E-state index in [9.17, 15) is 9.59 Å². The summed E-state index contributed by atoms with van der Waals surface area (Å²) in [7, 11) is 0. The third kappa shape index (κ3) is 4.59. The molecule has 3 aromatic rings. The summed E-state index contributed by atoms with van der Waals surface area (Å²) in [5, 5.41) is 6.06. The van der Waals surface area contributed by atoms with Crippen molar-refractivity contribution in [1.29, 1.82) is 0 Å². The molecule has 0 saturated heterocycles. The van der Waals surface area contributed by atoms with Crippen LogP contribution < -0.4 is 10.6 Å². The summed E-state index contributed by atoms with van der Waals surface area (Å²) in [4.78, 5) is 32.9. The van der Waals surface area contributed by atoms with Gasteiger partial charge in [0.05, 0.1) is 0 Å². The van der Waals surface area contributed by atoms with Crippen molar-refractivity contribution < 1.29 is 9.59 Å². The van der Waals surface area contributed by atoms with E-state index in [4.69, 9.17) is 0 Å². The number of hydrogen-bond acceptors (Lipinski definition) is 5. The predicted molar refractivity (Wildman–Crippen MR) is 110 cm³/mol. The number of aryl methyl sites for hydroxylation is 2. The number of rotatable bonds is 6. The maximum absolute atomic E-state index is 12.7. The van der Waals surface area contributed by atoms with E-state index in [1.807, 2.05) is 37.3 Å². The van der Waals surface area contributed by atoms with Crippen LogP contribution >= 0.6 is 0 Å². The topological polar surface area (TPSA) is 84.0 Å². The zero-order valence-electron chi connectivity index (χ0n) is 16.1. The van der Waals surface area contributed by atoms with Gasteiger partial charge in [0.15, 0.2) is 5.78 Å². The van der Waals surface area contributed by atoms with E-state index >= 15 is 0 Å². The fraction of sp³-hybridized carbons (Fsp3) is 0.182. The average Bonchev–Trinajstić information content (AvgIpc) is 2.68. The van der Waals surface area contributed by atoms with Gasteiger partial charge in [-0.05, 0) is 44.0 Å². The summed E-state index contributed by atoms with van der Waals surface area (Å²) in [6, 6.07) is 16.4. The quantitative estimate of drug-likeness (QED) is 0.619. The molecule has 0 aliphatic heterocycles. The number of nitrogens with zero attached hydrogens (tertiary/aromatic N) is 2. The molecule has 0 unspecified atom stereocenters. The Kier molecular flexibility index (Phi) is 5.79. The Morgan fingerprint density at radius 1 is 1.00 bits per heavy atom. The van der Waals surface area contributed by atoms with E-state index in [1.165, 1.54) is 6.92 Å². The number of hydrogen-bond donors (Lipinski definition) is 2. The molecule has 0 atom stereocenters. The molecule has 0 aliphatic carbocycles. The monoisotopic (exact) mass is 374 g/mol. The third-order valence-electron chi connectivity index (χ3n) is 4.26. The van der Waals surface area contributed by atoms with Crippen molar-refractivity contribution in [3.63, 3.8) is 0 Å². The number of para-hydroxylation sites is 1. The summed E-state index contributed by atoms with van der Waals surface area (Å²) < 4.78 is 0. The molecule has 2 N–H and O–H groups in total. The molecule has 0 radical (unpaired) electrons. The second-order valence-corrected chi connectivity index (χ2v) is 6.41. The Balaban J connectivity index is 1.84. The summed E-state index contributed by atoms with van der Waals surface area (Å²) in [5.74, 6) is 0.646. The minimum Gasteiger partial charge on any atom is -0.340 e. The van der Waals surface area contributed by atoms with Crippen LogP contribution in [0.5, 0.6) is 0 Å². The van der Waals surface area contributed by atoms with Crippen molar-refractivity contribution in [1.82, 2.24) is 9.97 Å². The largest absolute Gasteiger partial charge is 0.340 e. The summed E-state index contributed by atoms with van der Waals surface area (Å²) in [5.41, 5.74) is 3.41. The predicted octanol–water partition coefficient (Wildman–Crippen LogP) is 4.55. The van der Waals surface area contributed by atoms with Crippen molar-refractivity contribution in [2.75, 3.05) is 10.6 Å². The zero-order chi connectivity index (χ0) is 20.1. The molecule has 0 aliphatic rings. The molecule has 0 saturated carbocycles. The lowest BCUT2D eigenvalue weighted by atomic mass is 10.1. The highest BCUT2D eigenvalue weighted by Crippen LogP contribution is 2.19. The molecule has 3 rings (SSSR count). The molecule has 28 heavy (non-hydrogen) atoms. The fourth-order valence-electron chi connectivity index (χ4n) is 2.85. The highest BCUT2D eigenvalue weighted by molar-refractivity contribution is 6.03. The van der Waals surface area contributed by atoms with Crippen LogP contribution in [0.25, 0.3) is 0 Å². The van der Waals surface area contributed by atoms with Crippen LogP contribution in [-0.2, 0) is 6.42 Å². The molecule has 1 aromatic heterocycles. The second kappa shape index (κ2) is 8.43. The third-order valence-corrected chi connectivity index (χ3v) is 4.26. The van der Waals surface area contributed by atoms with Crippen LogP contribution in [0.2, 0.25) is 0 Å². The molecular formula is C22H22N4O2. The minimum absolute atomic E-state index is 0.0165. The summed E-state index contributed by atoms with van der Waals surface area (Å²) >= 11 is 0. The number of benzene rings is 2. The Morgan fingerprint density at radius 2 is 1.79 bits per heavy atom. The van der Waals surface area contributed by atoms with Crippen LogP contribution in [0.1, 0.15) is 46.1 Å². The van der Waals surface area contributed by atoms with Gasteiger partial charge in [-0.3, -0.25) is 9.59 Å². The Hall–Kier alpha value is -3.54. The molecule has 1 amide bonds. The average molecular weight is 374 g/mol. The Bertz CT molecular complexity index is 1030. The van der Waals surface area contributed by atoms with E-state index in [0.717, 1.165) is 17.7 Å². The van der Waals surface area contributed by atoms with E-state index in [2.05, 4.69) is 20.6 Å². The molecule has 1 heterocycles. The lowest BCUT2D eigenvalue weighted by Crippen LogP contribution is -2.16. The van der Waals surface area contributed by atoms with Crippen molar-refractivity contribution in [3.8, 4) is 0 Å². The van der Waals surface area contributed by atoms with Crippen molar-refractivity contribution in [2.45, 2.75) is 27.2 Å². The normalized spacial score (nSPS) is 10.4. The molecular weight excluding hydrogens is 352 g/mol. The Morgan fingerprint density at radius 3 is 2.54 bits per heavy atom. The SMILES string of the molecule is CCc1ccccc1NC(=O)c1cc(Nc2cccc(C(C)=O)c2)nc(C)n1. The van der Waals surface area contributed by atoms with Crippen molar-refractivity contribution in [3.05, 3.63) is 77.2 Å². The molecule has 2 aromatic carbocycles. The zero-order valence-corrected chi connectivity index (χ0v) is 16.1. The summed E-state index contributed by atoms with van der Waals surface area (Å²) in [6.07, 6.45) is 0.818. The van der Waals surface area contributed by atoms with Crippen LogP contribution in [0, 0.1) is 6.92 Å². The van der Waals surface area contributed by atoms with E-state index in [1.54, 1.807) is 31.2 Å². The summed E-state index contributed by atoms with van der Waals surface area (Å²) in [6.45, 7) is 5.29. The van der Waals surface area contributed by atoms with Crippen LogP contribution in [0.3, 0.4) is 0 Å². The van der Waals surface area contributed by atoms with Crippen LogP contribution in [-0.4, -0.2) is 21.7 Å². The number of amides is 1. The fourth-order valence-corrected chi connectivity index (χ4v) is 2.85. The number of carbonyl (C=O) groups excluding carboxylic acids is 2. The number of anilines is 3. The number of carbonyl (C=O) groups is 2. The first-order chi connectivity index (χ1) is 13.5. The van der Waals surface area contributed by atoms with E-state index < -0.39 is 0 Å². The molecule has 142 valence electrons. The highest BCUT2D eigenvalue weighted by atomic mass is 16.2. The van der Waals surface area contributed by atoms with E-state index in [0.29, 0.717) is 22.9 Å². The highest BCUT2D eigenvalue weighted by Gasteiger charge is 2.13. The molecule has 0 bridgehead atoms. The second-order valence-electron chi connectivity index (χ2n) is 6.41. The van der Waals surface area contributed by atoms with Crippen molar-refractivity contribution >= 4 is 28.9 Å². The standard InChI is InChI=1S/C22H22N4O2/c1-4-16-8-5-6-11-19(16)26-22(28)20-13-21(24-15(3)23-20)25-18-10-7-9-17(12-18)14(2)27/h5-13H,4H2,1-3H3,(H,26,28)(H,23,24,25). The van der Waals surface area contributed by atoms with Gasteiger partial charge in [-0.25, -0.2) is 9.97 Å². The smallest absolute Gasteiger partial charge is 0.274 e. The molecule has 6 nitrogen and oxygen atoms in total. The van der Waals surface area contributed by atoms with Crippen molar-refractivity contribution in [2.24, 2.45) is 0 Å². The minimum atomic E-state index is -0.299. The lowest BCUT2D eigenvalue weighted by molar-refractivity contribution is 0.101. The lowest BCUT2D eigenvalue weighted by Gasteiger charge is -2.11. The first-order valence-electron chi connectivity index (χ1n) is 9.09. The number of Topliss-reactive ketones (excluding diaryl/α,β-unsaturated/α-hetero) is 1. The molecule has 0 spiro atoms. The number of nitrogens with one attached hydrogen (secondary N) is 2. The van der Waals surface area contributed by atoms with Gasteiger partial charge in [-0.15, -0.1) is 0 Å². The number of ketones is 1. The molecule has 0 fully saturated rings. The van der Waals surface area contributed by atoms with Gasteiger partial charge < -0.3 is 10.6 Å². The van der Waals surface area contributed by atoms with Gasteiger partial charge in [0.1, 0.15) is 17.3 Å². The van der Waals surface area contributed by atoms with Crippen LogP contribution in [0.15, 0.2) is 54.6 Å². The molecule has 6 heteroatoms. The van der Waals surface area contributed by atoms with Gasteiger partial charge in [-0.1, -0.05) is 37.3 Å². The van der Waals surface area contributed by atoms with Crippen LogP contribution in [0.4, 0.5) is 17.2 Å². The maximum atomic E-state index is 12.7. The van der Waals surface area contributed by atoms with Gasteiger partial charge in [0.2, 0.25) is 0 Å². The first kappa shape index (κ1) is 19.2. The van der Waals surface area contributed by atoms with Gasteiger partial charge in [0.25, 0.3) is 5.91 Å². The van der Waals surface area contributed by atoms with Gasteiger partial charge in [0, 0.05) is 23.0 Å². The van der Waals surface area contributed by atoms with Gasteiger partial charge >= 0.3 is 0 Å². The maximum Gasteiger partial charge on any atom is 0.274 e. The Labute approximate surface area is 164 Å².